The van der Waals surface area contributed by atoms with E-state index in [1.165, 1.54) is 18.3 Å². The SMILES string of the molecule is CC(C)Oc1ccc(Nc2cnnc(Nc3ccc(C(F)(F)F)cc3)n2)cc1. The van der Waals surface area contributed by atoms with Gasteiger partial charge in [0.1, 0.15) is 5.75 Å². The summed E-state index contributed by atoms with van der Waals surface area (Å²) in [4.78, 5) is 4.26. The van der Waals surface area contributed by atoms with Crippen molar-refractivity contribution < 1.29 is 17.9 Å². The lowest BCUT2D eigenvalue weighted by Gasteiger charge is -2.11. The zero-order valence-corrected chi connectivity index (χ0v) is 15.2. The molecule has 0 unspecified atom stereocenters. The van der Waals surface area contributed by atoms with Crippen molar-refractivity contribution in [1.29, 1.82) is 0 Å². The number of rotatable bonds is 6. The Morgan fingerprint density at radius 2 is 1.50 bits per heavy atom. The first kappa shape index (κ1) is 19.4. The minimum absolute atomic E-state index is 0.0868. The summed E-state index contributed by atoms with van der Waals surface area (Å²) in [6.07, 6.45) is -2.85. The normalized spacial score (nSPS) is 11.4. The molecule has 3 rings (SSSR count). The second-order valence-electron chi connectivity index (χ2n) is 6.18. The van der Waals surface area contributed by atoms with Crippen LogP contribution >= 0.6 is 0 Å². The number of benzene rings is 2. The van der Waals surface area contributed by atoms with Gasteiger partial charge in [-0.25, -0.2) is 0 Å². The molecule has 0 aliphatic carbocycles. The van der Waals surface area contributed by atoms with Gasteiger partial charge in [0.05, 0.1) is 17.9 Å². The number of hydrogen-bond acceptors (Lipinski definition) is 6. The van der Waals surface area contributed by atoms with Crippen molar-refractivity contribution in [2.75, 3.05) is 10.6 Å². The standard InChI is InChI=1S/C19H18F3N5O/c1-12(2)28-16-9-7-14(8-10-16)24-17-11-23-27-18(26-17)25-15-5-3-13(4-6-15)19(20,21)22/h3-12H,1-2H3,(H2,24,25,26,27). The first-order valence-electron chi connectivity index (χ1n) is 8.47. The summed E-state index contributed by atoms with van der Waals surface area (Å²) < 4.78 is 43.5. The quantitative estimate of drug-likeness (QED) is 0.606. The molecule has 6 nitrogen and oxygen atoms in total. The summed E-state index contributed by atoms with van der Waals surface area (Å²) >= 11 is 0. The molecule has 2 N–H and O–H groups in total. The summed E-state index contributed by atoms with van der Waals surface area (Å²) in [5.41, 5.74) is 0.469. The zero-order valence-electron chi connectivity index (χ0n) is 15.2. The average molecular weight is 389 g/mol. The molecule has 0 saturated carbocycles. The molecule has 146 valence electrons. The number of nitrogens with one attached hydrogen (secondary N) is 2. The van der Waals surface area contributed by atoms with Gasteiger partial charge < -0.3 is 15.4 Å². The molecule has 1 aromatic heterocycles. The van der Waals surface area contributed by atoms with Gasteiger partial charge in [-0.15, -0.1) is 5.10 Å². The molecule has 1 heterocycles. The maximum atomic E-state index is 12.6. The molecule has 0 radical (unpaired) electrons. The Morgan fingerprint density at radius 3 is 2.11 bits per heavy atom. The lowest BCUT2D eigenvalue weighted by Crippen LogP contribution is -2.06. The van der Waals surface area contributed by atoms with E-state index in [0.29, 0.717) is 11.5 Å². The van der Waals surface area contributed by atoms with Crippen molar-refractivity contribution in [3.8, 4) is 5.75 Å². The number of nitrogens with zero attached hydrogens (tertiary/aromatic N) is 3. The minimum Gasteiger partial charge on any atom is -0.491 e. The lowest BCUT2D eigenvalue weighted by molar-refractivity contribution is -0.137. The average Bonchev–Trinajstić information content (AvgIpc) is 2.63. The number of aromatic nitrogens is 3. The molecule has 0 aliphatic rings. The van der Waals surface area contributed by atoms with Crippen LogP contribution in [0.25, 0.3) is 0 Å². The van der Waals surface area contributed by atoms with E-state index in [-0.39, 0.29) is 12.1 Å². The topological polar surface area (TPSA) is 72.0 Å². The van der Waals surface area contributed by atoms with Gasteiger partial charge in [0, 0.05) is 11.4 Å². The Hall–Kier alpha value is -3.36. The maximum absolute atomic E-state index is 12.6. The number of ether oxygens (including phenoxy) is 1. The summed E-state index contributed by atoms with van der Waals surface area (Å²) in [6.45, 7) is 3.90. The largest absolute Gasteiger partial charge is 0.491 e. The molecule has 0 spiro atoms. The molecule has 0 fully saturated rings. The highest BCUT2D eigenvalue weighted by Gasteiger charge is 2.29. The Balaban J connectivity index is 1.67. The van der Waals surface area contributed by atoms with Gasteiger partial charge >= 0.3 is 6.18 Å². The van der Waals surface area contributed by atoms with E-state index in [1.54, 1.807) is 0 Å². The predicted molar refractivity (Wildman–Crippen MR) is 100 cm³/mol. The Bertz CT molecular complexity index is 912. The fourth-order valence-corrected chi connectivity index (χ4v) is 2.33. The molecule has 28 heavy (non-hydrogen) atoms. The fourth-order valence-electron chi connectivity index (χ4n) is 2.33. The molecule has 0 atom stereocenters. The lowest BCUT2D eigenvalue weighted by atomic mass is 10.2. The Kier molecular flexibility index (Phi) is 5.62. The Labute approximate surface area is 159 Å². The summed E-state index contributed by atoms with van der Waals surface area (Å²) in [5, 5.41) is 13.6. The van der Waals surface area contributed by atoms with Crippen molar-refractivity contribution in [1.82, 2.24) is 15.2 Å². The molecule has 9 heteroatoms. The highest BCUT2D eigenvalue weighted by atomic mass is 19.4. The van der Waals surface area contributed by atoms with Gasteiger partial charge in [-0.05, 0) is 62.4 Å². The first-order valence-corrected chi connectivity index (χ1v) is 8.47. The number of halogens is 3. The third-order valence-electron chi connectivity index (χ3n) is 3.53. The summed E-state index contributed by atoms with van der Waals surface area (Å²) in [5.74, 6) is 1.34. The van der Waals surface area contributed by atoms with Gasteiger partial charge in [0.2, 0.25) is 5.95 Å². The van der Waals surface area contributed by atoms with E-state index >= 15 is 0 Å². The molecule has 3 aromatic rings. The number of anilines is 4. The van der Waals surface area contributed by atoms with E-state index in [1.807, 2.05) is 38.1 Å². The van der Waals surface area contributed by atoms with Crippen LogP contribution in [0.4, 0.5) is 36.3 Å². The van der Waals surface area contributed by atoms with Gasteiger partial charge in [0.15, 0.2) is 5.82 Å². The zero-order chi connectivity index (χ0) is 20.1. The van der Waals surface area contributed by atoms with Crippen molar-refractivity contribution in [3.63, 3.8) is 0 Å². The monoisotopic (exact) mass is 389 g/mol. The van der Waals surface area contributed by atoms with Crippen LogP contribution in [0, 0.1) is 0 Å². The van der Waals surface area contributed by atoms with Crippen LogP contribution < -0.4 is 15.4 Å². The van der Waals surface area contributed by atoms with Crippen LogP contribution in [0.5, 0.6) is 5.75 Å². The molecule has 2 aromatic carbocycles. The molecule has 0 amide bonds. The maximum Gasteiger partial charge on any atom is 0.416 e. The van der Waals surface area contributed by atoms with Crippen molar-refractivity contribution >= 4 is 23.1 Å². The molecular weight excluding hydrogens is 371 g/mol. The first-order chi connectivity index (χ1) is 13.3. The van der Waals surface area contributed by atoms with Crippen molar-refractivity contribution in [2.45, 2.75) is 26.1 Å². The van der Waals surface area contributed by atoms with E-state index < -0.39 is 11.7 Å². The number of alkyl halides is 3. The van der Waals surface area contributed by atoms with Crippen LogP contribution in [0.2, 0.25) is 0 Å². The second kappa shape index (κ2) is 8.12. The summed E-state index contributed by atoms with van der Waals surface area (Å²) in [7, 11) is 0. The predicted octanol–water partition coefficient (Wildman–Crippen LogP) is 5.16. The van der Waals surface area contributed by atoms with Crippen LogP contribution in [0.1, 0.15) is 19.4 Å². The highest BCUT2D eigenvalue weighted by molar-refractivity contribution is 5.59. The van der Waals surface area contributed by atoms with Crippen LogP contribution in [0.3, 0.4) is 0 Å². The van der Waals surface area contributed by atoms with Gasteiger partial charge in [-0.3, -0.25) is 0 Å². The summed E-state index contributed by atoms with van der Waals surface area (Å²) in [6, 6.07) is 11.9. The third kappa shape index (κ3) is 5.32. The van der Waals surface area contributed by atoms with E-state index in [0.717, 1.165) is 23.6 Å². The molecule has 0 aliphatic heterocycles. The van der Waals surface area contributed by atoms with Crippen molar-refractivity contribution in [3.05, 3.63) is 60.3 Å². The molecular formula is C19H18F3N5O. The van der Waals surface area contributed by atoms with Gasteiger partial charge in [0.25, 0.3) is 0 Å². The van der Waals surface area contributed by atoms with Crippen molar-refractivity contribution in [2.24, 2.45) is 0 Å². The van der Waals surface area contributed by atoms with E-state index in [4.69, 9.17) is 4.74 Å². The van der Waals surface area contributed by atoms with E-state index in [9.17, 15) is 13.2 Å². The van der Waals surface area contributed by atoms with Crippen LogP contribution in [-0.2, 0) is 6.18 Å². The molecule has 0 bridgehead atoms. The number of hydrogen-bond donors (Lipinski definition) is 2. The van der Waals surface area contributed by atoms with Gasteiger partial charge in [-0.2, -0.15) is 23.3 Å². The van der Waals surface area contributed by atoms with Crippen LogP contribution in [0.15, 0.2) is 54.7 Å². The van der Waals surface area contributed by atoms with Gasteiger partial charge in [-0.1, -0.05) is 0 Å². The Morgan fingerprint density at radius 1 is 0.893 bits per heavy atom. The smallest absolute Gasteiger partial charge is 0.416 e. The van der Waals surface area contributed by atoms with Crippen LogP contribution in [-0.4, -0.2) is 21.3 Å². The molecule has 0 saturated heterocycles. The van der Waals surface area contributed by atoms with E-state index in [2.05, 4.69) is 25.8 Å². The minimum atomic E-state index is -4.38. The third-order valence-corrected chi connectivity index (χ3v) is 3.53. The fraction of sp³-hybridized carbons (Fsp3) is 0.211. The second-order valence-corrected chi connectivity index (χ2v) is 6.18. The highest BCUT2D eigenvalue weighted by Crippen LogP contribution is 2.30.